The van der Waals surface area contributed by atoms with E-state index in [-0.39, 0.29) is 23.5 Å². The van der Waals surface area contributed by atoms with Crippen molar-refractivity contribution < 1.29 is 9.59 Å². The third kappa shape index (κ3) is 0.960. The van der Waals surface area contributed by atoms with Crippen molar-refractivity contribution in [1.82, 2.24) is 0 Å². The molecule has 0 aromatic carbocycles. The molecule has 0 heterocycles. The molecule has 4 aliphatic carbocycles. The zero-order valence-electron chi connectivity index (χ0n) is 9.01. The highest BCUT2D eigenvalue weighted by Crippen LogP contribution is 2.75. The zero-order valence-corrected chi connectivity index (χ0v) is 13.8. The fourth-order valence-corrected chi connectivity index (χ4v) is 9.01. The van der Waals surface area contributed by atoms with Crippen LogP contribution in [0.25, 0.3) is 0 Å². The molecule has 4 aliphatic rings. The van der Waals surface area contributed by atoms with Crippen LogP contribution in [0.1, 0.15) is 25.7 Å². The van der Waals surface area contributed by atoms with E-state index in [0.29, 0.717) is 5.78 Å². The van der Waals surface area contributed by atoms with E-state index in [1.54, 1.807) is 0 Å². The van der Waals surface area contributed by atoms with E-state index in [1.165, 1.54) is 0 Å². The Balaban J connectivity index is 2.00. The molecule has 0 aromatic heterocycles. The molecular formula is C12H11Br3O2. The van der Waals surface area contributed by atoms with Gasteiger partial charge in [-0.3, -0.25) is 9.59 Å². The summed E-state index contributed by atoms with van der Waals surface area (Å²) in [6, 6.07) is 0. The van der Waals surface area contributed by atoms with Crippen LogP contribution in [0.2, 0.25) is 0 Å². The van der Waals surface area contributed by atoms with Gasteiger partial charge in [0.05, 0.1) is 13.0 Å². The molecule has 17 heavy (non-hydrogen) atoms. The largest absolute Gasteiger partial charge is 0.298 e. The second-order valence-corrected chi connectivity index (χ2v) is 10.2. The molecule has 0 unspecified atom stereocenters. The topological polar surface area (TPSA) is 34.1 Å². The first-order valence-corrected chi connectivity index (χ1v) is 8.39. The summed E-state index contributed by atoms with van der Waals surface area (Å²) in [7, 11) is 0. The first kappa shape index (κ1) is 11.6. The van der Waals surface area contributed by atoms with Crippen LogP contribution in [0.3, 0.4) is 0 Å². The molecule has 4 saturated carbocycles. The van der Waals surface area contributed by atoms with Gasteiger partial charge in [-0.2, -0.15) is 0 Å². The van der Waals surface area contributed by atoms with E-state index in [9.17, 15) is 9.59 Å². The van der Waals surface area contributed by atoms with Gasteiger partial charge >= 0.3 is 0 Å². The molecule has 6 atom stereocenters. The van der Waals surface area contributed by atoms with Crippen molar-refractivity contribution in [2.24, 2.45) is 17.8 Å². The Hall–Kier alpha value is 0.780. The molecule has 0 spiro atoms. The highest BCUT2D eigenvalue weighted by atomic mass is 79.9. The van der Waals surface area contributed by atoms with Gasteiger partial charge in [0.15, 0.2) is 11.6 Å². The highest BCUT2D eigenvalue weighted by molar-refractivity contribution is 9.11. The number of hydrogen-bond donors (Lipinski definition) is 0. The summed E-state index contributed by atoms with van der Waals surface area (Å²) < 4.78 is -1.33. The molecule has 0 radical (unpaired) electrons. The predicted molar refractivity (Wildman–Crippen MR) is 73.9 cm³/mol. The zero-order chi connectivity index (χ0) is 12.2. The van der Waals surface area contributed by atoms with E-state index in [1.807, 2.05) is 0 Å². The number of ketones is 2. The molecule has 5 heteroatoms. The van der Waals surface area contributed by atoms with Crippen LogP contribution in [0.4, 0.5) is 0 Å². The van der Waals surface area contributed by atoms with Crippen molar-refractivity contribution in [2.75, 3.05) is 0 Å². The number of halogens is 3. The van der Waals surface area contributed by atoms with Gasteiger partial charge in [0.1, 0.15) is 0 Å². The van der Waals surface area contributed by atoms with Crippen molar-refractivity contribution in [3.8, 4) is 0 Å². The first-order chi connectivity index (χ1) is 7.86. The minimum atomic E-state index is -0.463. The number of rotatable bonds is 0. The maximum Gasteiger partial charge on any atom is 0.166 e. The second-order valence-electron chi connectivity index (χ2n) is 5.93. The standard InChI is InChI=1S/C12H11Br3O2/c13-10-2-1-5-6(10)7-11(14,8(5)16)3-4-12(7,15)9(10)17/h5-7H,1-4H2/t5-,6-,7+,10+,11+,12-/m1/s1. The van der Waals surface area contributed by atoms with E-state index >= 15 is 0 Å². The van der Waals surface area contributed by atoms with Crippen LogP contribution in [0.15, 0.2) is 0 Å². The second kappa shape index (κ2) is 2.93. The average Bonchev–Trinajstić information content (AvgIpc) is 2.87. The summed E-state index contributed by atoms with van der Waals surface area (Å²) in [5, 5.41) is 0. The predicted octanol–water partition coefficient (Wildman–Crippen LogP) is 2.99. The average molecular weight is 427 g/mol. The normalized spacial score (nSPS) is 63.6. The third-order valence-corrected chi connectivity index (χ3v) is 9.30. The van der Waals surface area contributed by atoms with Crippen molar-refractivity contribution >= 4 is 59.4 Å². The Bertz CT molecular complexity index is 478. The van der Waals surface area contributed by atoms with Gasteiger partial charge in [0, 0.05) is 11.8 Å². The molecule has 4 fully saturated rings. The maximum atomic E-state index is 12.7. The smallest absolute Gasteiger partial charge is 0.166 e. The molecule has 0 saturated heterocycles. The van der Waals surface area contributed by atoms with Gasteiger partial charge in [-0.1, -0.05) is 47.8 Å². The number of alkyl halides is 3. The van der Waals surface area contributed by atoms with E-state index in [4.69, 9.17) is 0 Å². The monoisotopic (exact) mass is 424 g/mol. The van der Waals surface area contributed by atoms with E-state index in [2.05, 4.69) is 47.8 Å². The van der Waals surface area contributed by atoms with Gasteiger partial charge in [-0.15, -0.1) is 0 Å². The molecule has 0 bridgehead atoms. The molecule has 2 nitrogen and oxygen atoms in total. The lowest BCUT2D eigenvalue weighted by Gasteiger charge is -2.25. The first-order valence-electron chi connectivity index (χ1n) is 6.02. The van der Waals surface area contributed by atoms with Gasteiger partial charge in [0.2, 0.25) is 0 Å². The molecule has 0 aliphatic heterocycles. The Kier molecular flexibility index (Phi) is 2.00. The molecule has 0 amide bonds. The SMILES string of the molecule is O=C1[C@@H]2CC[C@@]3(Br)C(=O)[C@@]4(Br)CC[C@]1(Br)[C@@H]4[C@@H]23. The minimum Gasteiger partial charge on any atom is -0.298 e. The number of carbonyl (C=O) groups excluding carboxylic acids is 2. The van der Waals surface area contributed by atoms with Crippen LogP contribution in [-0.4, -0.2) is 24.5 Å². The van der Waals surface area contributed by atoms with Gasteiger partial charge < -0.3 is 0 Å². The number of carbonyl (C=O) groups is 2. The summed E-state index contributed by atoms with van der Waals surface area (Å²) >= 11 is 11.1. The van der Waals surface area contributed by atoms with Crippen LogP contribution >= 0.6 is 47.8 Å². The molecule has 4 rings (SSSR count). The Morgan fingerprint density at radius 3 is 2.29 bits per heavy atom. The fraction of sp³-hybridized carbons (Fsp3) is 0.833. The van der Waals surface area contributed by atoms with Gasteiger partial charge in [0.25, 0.3) is 0 Å². The van der Waals surface area contributed by atoms with Crippen molar-refractivity contribution in [1.29, 1.82) is 0 Å². The van der Waals surface area contributed by atoms with Crippen molar-refractivity contribution in [2.45, 2.75) is 38.7 Å². The highest BCUT2D eigenvalue weighted by Gasteiger charge is 2.82. The van der Waals surface area contributed by atoms with Gasteiger partial charge in [-0.05, 0) is 31.6 Å². The number of hydrogen-bond acceptors (Lipinski definition) is 2. The fourth-order valence-electron chi connectivity index (χ4n) is 4.88. The number of Topliss-reactive ketones (excluding diaryl/α,β-unsaturated/α-hetero) is 2. The molecule has 92 valence electrons. The van der Waals surface area contributed by atoms with E-state index < -0.39 is 13.0 Å². The lowest BCUT2D eigenvalue weighted by molar-refractivity contribution is -0.123. The lowest BCUT2D eigenvalue weighted by atomic mass is 9.89. The van der Waals surface area contributed by atoms with Crippen LogP contribution in [-0.2, 0) is 9.59 Å². The van der Waals surface area contributed by atoms with Crippen LogP contribution in [0, 0.1) is 17.8 Å². The van der Waals surface area contributed by atoms with Crippen molar-refractivity contribution in [3.63, 3.8) is 0 Å². The minimum absolute atomic E-state index is 0.0856. The summed E-state index contributed by atoms with van der Waals surface area (Å²) in [6.45, 7) is 0. The molecule has 0 aromatic rings. The quantitative estimate of drug-likeness (QED) is 0.558. The molecular weight excluding hydrogens is 416 g/mol. The van der Waals surface area contributed by atoms with Crippen LogP contribution < -0.4 is 0 Å². The maximum absolute atomic E-state index is 12.7. The Morgan fingerprint density at radius 2 is 1.59 bits per heavy atom. The third-order valence-electron chi connectivity index (χ3n) is 5.48. The summed E-state index contributed by atoms with van der Waals surface area (Å²) in [6.07, 6.45) is 3.26. The summed E-state index contributed by atoms with van der Waals surface area (Å²) in [4.78, 5) is 25.2. The summed E-state index contributed by atoms with van der Waals surface area (Å²) in [5.41, 5.74) is 0. The Labute approximate surface area is 125 Å². The summed E-state index contributed by atoms with van der Waals surface area (Å²) in [5.74, 6) is 1.06. The van der Waals surface area contributed by atoms with E-state index in [0.717, 1.165) is 25.7 Å². The Morgan fingerprint density at radius 1 is 0.941 bits per heavy atom. The van der Waals surface area contributed by atoms with Crippen LogP contribution in [0.5, 0.6) is 0 Å². The lowest BCUT2D eigenvalue weighted by Crippen LogP contribution is -2.39. The molecule has 0 N–H and O–H groups in total. The van der Waals surface area contributed by atoms with Crippen molar-refractivity contribution in [3.05, 3.63) is 0 Å². The van der Waals surface area contributed by atoms with Gasteiger partial charge in [-0.25, -0.2) is 0 Å².